The van der Waals surface area contributed by atoms with Crippen molar-refractivity contribution in [3.63, 3.8) is 0 Å². The Labute approximate surface area is 110 Å². The van der Waals surface area contributed by atoms with Gasteiger partial charge >= 0.3 is 0 Å². The standard InChI is InChI=1S/C13H13ClO4/c1-8(2-3-15)11-10(14)6-9(7-16)12-13(11)18-5-4-17-12/h3,6-8H,2,4-5H2,1H3. The first-order valence-electron chi connectivity index (χ1n) is 5.69. The van der Waals surface area contributed by atoms with Crippen molar-refractivity contribution in [2.45, 2.75) is 19.3 Å². The van der Waals surface area contributed by atoms with Crippen LogP contribution in [0.3, 0.4) is 0 Å². The molecule has 0 radical (unpaired) electrons. The van der Waals surface area contributed by atoms with Crippen molar-refractivity contribution in [2.24, 2.45) is 0 Å². The number of carbonyl (C=O) groups is 2. The van der Waals surface area contributed by atoms with Crippen LogP contribution >= 0.6 is 11.6 Å². The molecule has 1 aromatic carbocycles. The molecule has 1 atom stereocenters. The highest BCUT2D eigenvalue weighted by Crippen LogP contribution is 2.44. The summed E-state index contributed by atoms with van der Waals surface area (Å²) in [5.74, 6) is 0.838. The summed E-state index contributed by atoms with van der Waals surface area (Å²) < 4.78 is 11.0. The van der Waals surface area contributed by atoms with Crippen molar-refractivity contribution in [1.29, 1.82) is 0 Å². The molecule has 0 fully saturated rings. The van der Waals surface area contributed by atoms with Gasteiger partial charge in [0.05, 0.1) is 5.56 Å². The molecular formula is C13H13ClO4. The Morgan fingerprint density at radius 3 is 2.61 bits per heavy atom. The van der Waals surface area contributed by atoms with E-state index >= 15 is 0 Å². The summed E-state index contributed by atoms with van der Waals surface area (Å²) in [6.07, 6.45) is 1.87. The third-order valence-electron chi connectivity index (χ3n) is 2.90. The second-order valence-corrected chi connectivity index (χ2v) is 4.54. The Hall–Kier alpha value is -1.55. The highest BCUT2D eigenvalue weighted by atomic mass is 35.5. The lowest BCUT2D eigenvalue weighted by atomic mass is 9.95. The second kappa shape index (κ2) is 5.40. The average Bonchev–Trinajstić information content (AvgIpc) is 2.37. The minimum Gasteiger partial charge on any atom is -0.486 e. The molecule has 0 saturated carbocycles. The highest BCUT2D eigenvalue weighted by molar-refractivity contribution is 6.32. The van der Waals surface area contributed by atoms with Crippen LogP contribution in [0.15, 0.2) is 6.07 Å². The van der Waals surface area contributed by atoms with Gasteiger partial charge in [-0.15, -0.1) is 0 Å². The van der Waals surface area contributed by atoms with Crippen LogP contribution in [0.2, 0.25) is 5.02 Å². The Morgan fingerprint density at radius 2 is 2.00 bits per heavy atom. The van der Waals surface area contributed by atoms with Crippen LogP contribution in [0.5, 0.6) is 11.5 Å². The van der Waals surface area contributed by atoms with Gasteiger partial charge in [0, 0.05) is 17.0 Å². The topological polar surface area (TPSA) is 52.6 Å². The van der Waals surface area contributed by atoms with Gasteiger partial charge in [-0.25, -0.2) is 0 Å². The second-order valence-electron chi connectivity index (χ2n) is 4.14. The zero-order valence-electron chi connectivity index (χ0n) is 9.94. The fraction of sp³-hybridized carbons (Fsp3) is 0.385. The molecule has 1 aliphatic heterocycles. The predicted octanol–water partition coefficient (Wildman–Crippen LogP) is 2.62. The molecule has 0 spiro atoms. The fourth-order valence-electron chi connectivity index (χ4n) is 2.03. The molecule has 1 aliphatic rings. The van der Waals surface area contributed by atoms with E-state index < -0.39 is 0 Å². The maximum Gasteiger partial charge on any atom is 0.172 e. The smallest absolute Gasteiger partial charge is 0.172 e. The molecule has 1 heterocycles. The number of benzene rings is 1. The minimum atomic E-state index is -0.0776. The molecule has 5 heteroatoms. The van der Waals surface area contributed by atoms with E-state index in [0.717, 1.165) is 11.8 Å². The van der Waals surface area contributed by atoms with Gasteiger partial charge in [-0.05, 0) is 12.0 Å². The van der Waals surface area contributed by atoms with Gasteiger partial charge < -0.3 is 14.3 Å². The summed E-state index contributed by atoms with van der Waals surface area (Å²) >= 11 is 6.17. The molecule has 1 unspecified atom stereocenters. The Bertz CT molecular complexity index is 484. The number of carbonyl (C=O) groups excluding carboxylic acids is 2. The SMILES string of the molecule is CC(CC=O)c1c(Cl)cc(C=O)c2c1OCCO2. The lowest BCUT2D eigenvalue weighted by molar-refractivity contribution is -0.108. The summed E-state index contributed by atoms with van der Waals surface area (Å²) in [4.78, 5) is 21.6. The van der Waals surface area contributed by atoms with Gasteiger partial charge in [-0.1, -0.05) is 18.5 Å². The summed E-state index contributed by atoms with van der Waals surface area (Å²) in [7, 11) is 0. The quantitative estimate of drug-likeness (QED) is 0.788. The Kier molecular flexibility index (Phi) is 3.87. The molecule has 0 amide bonds. The van der Waals surface area contributed by atoms with E-state index in [-0.39, 0.29) is 5.92 Å². The first kappa shape index (κ1) is 12.9. The number of ether oxygens (including phenoxy) is 2. The predicted molar refractivity (Wildman–Crippen MR) is 66.9 cm³/mol. The van der Waals surface area contributed by atoms with Gasteiger partial charge in [0.15, 0.2) is 17.8 Å². The van der Waals surface area contributed by atoms with Crippen molar-refractivity contribution in [3.8, 4) is 11.5 Å². The van der Waals surface area contributed by atoms with Crippen LogP contribution in [0, 0.1) is 0 Å². The summed E-state index contributed by atoms with van der Waals surface area (Å²) in [6, 6.07) is 1.55. The lowest BCUT2D eigenvalue weighted by Crippen LogP contribution is -2.19. The number of hydrogen-bond acceptors (Lipinski definition) is 4. The number of rotatable bonds is 4. The maximum absolute atomic E-state index is 11.0. The van der Waals surface area contributed by atoms with Crippen molar-refractivity contribution in [3.05, 3.63) is 22.2 Å². The van der Waals surface area contributed by atoms with Gasteiger partial charge in [-0.3, -0.25) is 4.79 Å². The molecule has 0 bridgehead atoms. The zero-order chi connectivity index (χ0) is 13.1. The molecular weight excluding hydrogens is 256 g/mol. The highest BCUT2D eigenvalue weighted by Gasteiger charge is 2.25. The lowest BCUT2D eigenvalue weighted by Gasteiger charge is -2.25. The summed E-state index contributed by atoms with van der Waals surface area (Å²) in [5.41, 5.74) is 1.10. The molecule has 0 saturated heterocycles. The first-order valence-corrected chi connectivity index (χ1v) is 6.07. The zero-order valence-corrected chi connectivity index (χ0v) is 10.7. The van der Waals surface area contributed by atoms with Gasteiger partial charge in [0.1, 0.15) is 19.5 Å². The third kappa shape index (κ3) is 2.20. The first-order chi connectivity index (χ1) is 8.69. The van der Waals surface area contributed by atoms with E-state index in [0.29, 0.717) is 48.0 Å². The van der Waals surface area contributed by atoms with Crippen molar-refractivity contribution in [1.82, 2.24) is 0 Å². The largest absolute Gasteiger partial charge is 0.486 e. The van der Waals surface area contributed by atoms with Crippen LogP contribution in [-0.4, -0.2) is 25.8 Å². The van der Waals surface area contributed by atoms with Crippen LogP contribution in [-0.2, 0) is 4.79 Å². The molecule has 0 N–H and O–H groups in total. The third-order valence-corrected chi connectivity index (χ3v) is 3.21. The van der Waals surface area contributed by atoms with E-state index in [2.05, 4.69) is 0 Å². The normalized spacial score (nSPS) is 15.0. The molecule has 0 aliphatic carbocycles. The molecule has 1 aromatic rings. The minimum absolute atomic E-state index is 0.0776. The molecule has 4 nitrogen and oxygen atoms in total. The van der Waals surface area contributed by atoms with Crippen LogP contribution in [0.1, 0.15) is 35.2 Å². The van der Waals surface area contributed by atoms with E-state index in [1.54, 1.807) is 6.07 Å². The van der Waals surface area contributed by atoms with Crippen LogP contribution in [0.25, 0.3) is 0 Å². The van der Waals surface area contributed by atoms with E-state index in [1.165, 1.54) is 0 Å². The molecule has 96 valence electrons. The summed E-state index contributed by atoms with van der Waals surface area (Å²) in [6.45, 7) is 2.69. The number of fused-ring (bicyclic) bond motifs is 1. The number of halogens is 1. The summed E-state index contributed by atoms with van der Waals surface area (Å²) in [5, 5.41) is 0.427. The Balaban J connectivity index is 2.58. The van der Waals surface area contributed by atoms with Crippen molar-refractivity contribution >= 4 is 24.2 Å². The maximum atomic E-state index is 11.0. The number of aldehydes is 2. The van der Waals surface area contributed by atoms with Crippen LogP contribution < -0.4 is 9.47 Å². The average molecular weight is 269 g/mol. The van der Waals surface area contributed by atoms with E-state index in [4.69, 9.17) is 21.1 Å². The van der Waals surface area contributed by atoms with Crippen molar-refractivity contribution in [2.75, 3.05) is 13.2 Å². The van der Waals surface area contributed by atoms with Gasteiger partial charge in [-0.2, -0.15) is 0 Å². The molecule has 0 aromatic heterocycles. The van der Waals surface area contributed by atoms with Crippen LogP contribution in [0.4, 0.5) is 0 Å². The van der Waals surface area contributed by atoms with Crippen molar-refractivity contribution < 1.29 is 19.1 Å². The number of hydrogen-bond donors (Lipinski definition) is 0. The monoisotopic (exact) mass is 268 g/mol. The van der Waals surface area contributed by atoms with Gasteiger partial charge in [0.25, 0.3) is 0 Å². The van der Waals surface area contributed by atoms with E-state index in [1.807, 2.05) is 6.92 Å². The molecule has 2 rings (SSSR count). The fourth-order valence-corrected chi connectivity index (χ4v) is 2.42. The molecule has 18 heavy (non-hydrogen) atoms. The van der Waals surface area contributed by atoms with Gasteiger partial charge in [0.2, 0.25) is 0 Å². The Morgan fingerprint density at radius 1 is 1.33 bits per heavy atom. The van der Waals surface area contributed by atoms with E-state index in [9.17, 15) is 9.59 Å².